The van der Waals surface area contributed by atoms with Crippen LogP contribution in [0.15, 0.2) is 35.6 Å². The number of aromatic hydroxyl groups is 1. The number of nitrogens with zero attached hydrogens (tertiary/aromatic N) is 3. The highest BCUT2D eigenvalue weighted by Crippen LogP contribution is 2.31. The predicted octanol–water partition coefficient (Wildman–Crippen LogP) is 3.56. The molecule has 2 heterocycles. The lowest BCUT2D eigenvalue weighted by atomic mass is 10.0. The van der Waals surface area contributed by atoms with Crippen LogP contribution in [0.4, 0.5) is 5.69 Å². The number of aromatic nitrogens is 3. The number of methoxy groups -OCH3 is 1. The van der Waals surface area contributed by atoms with Crippen molar-refractivity contribution in [3.8, 4) is 5.88 Å². The third kappa shape index (κ3) is 4.48. The van der Waals surface area contributed by atoms with Crippen LogP contribution in [0.1, 0.15) is 49.2 Å². The van der Waals surface area contributed by atoms with E-state index in [-0.39, 0.29) is 17.8 Å². The minimum absolute atomic E-state index is 0.0359. The van der Waals surface area contributed by atoms with E-state index in [9.17, 15) is 9.90 Å². The van der Waals surface area contributed by atoms with Crippen molar-refractivity contribution >= 4 is 28.2 Å². The van der Waals surface area contributed by atoms with Gasteiger partial charge in [0.15, 0.2) is 5.88 Å². The van der Waals surface area contributed by atoms with E-state index in [1.54, 1.807) is 31.5 Å². The smallest absolute Gasteiger partial charge is 0.251 e. The summed E-state index contributed by atoms with van der Waals surface area (Å²) in [5.41, 5.74) is 3.29. The Hall–Kier alpha value is -3.13. The van der Waals surface area contributed by atoms with E-state index in [4.69, 9.17) is 9.73 Å². The summed E-state index contributed by atoms with van der Waals surface area (Å²) >= 11 is 0. The fourth-order valence-corrected chi connectivity index (χ4v) is 3.12. The fourth-order valence-electron chi connectivity index (χ4n) is 3.12. The van der Waals surface area contributed by atoms with Gasteiger partial charge in [0.2, 0.25) is 0 Å². The second-order valence-corrected chi connectivity index (χ2v) is 7.04. The number of carbonyl (C=O) groups excluding carboxylic acids is 1. The van der Waals surface area contributed by atoms with E-state index in [1.807, 2.05) is 31.6 Å². The van der Waals surface area contributed by atoms with Crippen LogP contribution in [0.5, 0.6) is 5.88 Å². The monoisotopic (exact) mass is 397 g/mol. The van der Waals surface area contributed by atoms with Gasteiger partial charge in [-0.1, -0.05) is 6.92 Å². The zero-order chi connectivity index (χ0) is 21.0. The molecule has 0 aliphatic heterocycles. The quantitative estimate of drug-likeness (QED) is 0.399. The minimum Gasteiger partial charge on any atom is -0.494 e. The number of H-pyrrole nitrogens is 1. The Labute approximate surface area is 169 Å². The number of hydrogen-bond donors (Lipinski definition) is 3. The van der Waals surface area contributed by atoms with Gasteiger partial charge >= 0.3 is 0 Å². The molecule has 0 radical (unpaired) electrons. The van der Waals surface area contributed by atoms with Crippen molar-refractivity contribution in [1.82, 2.24) is 20.1 Å². The predicted molar refractivity (Wildman–Crippen MR) is 113 cm³/mol. The first-order valence-electron chi connectivity index (χ1n) is 9.68. The van der Waals surface area contributed by atoms with E-state index in [0.717, 1.165) is 16.6 Å². The third-order valence-corrected chi connectivity index (χ3v) is 4.64. The molecule has 2 aromatic heterocycles. The number of carbonyl (C=O) groups is 1. The number of rotatable bonds is 8. The van der Waals surface area contributed by atoms with Gasteiger partial charge in [0.1, 0.15) is 5.69 Å². The van der Waals surface area contributed by atoms with Crippen molar-refractivity contribution in [3.63, 3.8) is 0 Å². The standard InChI is InChI=1S/C21H27N5O3/c1-5-17(24-15-11-23-26(12-15)13(2)3)19-16-10-14(20(27)22-8-9-29-4)6-7-18(16)25-21(19)28/h6-7,10-13,25,28H,5,8-9H2,1-4H3,(H,22,27). The zero-order valence-corrected chi connectivity index (χ0v) is 17.2. The lowest BCUT2D eigenvalue weighted by Crippen LogP contribution is -2.26. The average Bonchev–Trinajstić information content (AvgIpc) is 3.29. The molecule has 3 N–H and O–H groups in total. The zero-order valence-electron chi connectivity index (χ0n) is 17.2. The molecule has 0 atom stereocenters. The molecule has 8 heteroatoms. The SMILES string of the molecule is CCC(=Nc1cnn(C(C)C)c1)c1c(O)[nH]c2ccc(C(=O)NCCOC)cc12. The lowest BCUT2D eigenvalue weighted by molar-refractivity contribution is 0.0937. The van der Waals surface area contributed by atoms with Crippen molar-refractivity contribution in [2.24, 2.45) is 4.99 Å². The first-order valence-corrected chi connectivity index (χ1v) is 9.68. The maximum Gasteiger partial charge on any atom is 0.251 e. The van der Waals surface area contributed by atoms with Crippen molar-refractivity contribution in [2.75, 3.05) is 20.3 Å². The van der Waals surface area contributed by atoms with Crippen LogP contribution >= 0.6 is 0 Å². The maximum atomic E-state index is 12.4. The second kappa shape index (κ2) is 8.91. The number of nitrogens with one attached hydrogen (secondary N) is 2. The molecule has 0 unspecified atom stereocenters. The number of ether oxygens (including phenoxy) is 1. The normalized spacial score (nSPS) is 12.1. The molecule has 0 fully saturated rings. The molecule has 0 spiro atoms. The van der Waals surface area contributed by atoms with E-state index in [0.29, 0.717) is 36.4 Å². The summed E-state index contributed by atoms with van der Waals surface area (Å²) in [4.78, 5) is 20.1. The summed E-state index contributed by atoms with van der Waals surface area (Å²) in [7, 11) is 1.59. The molecule has 0 aliphatic carbocycles. The Kier molecular flexibility index (Phi) is 6.33. The molecule has 1 aromatic carbocycles. The molecular formula is C21H27N5O3. The summed E-state index contributed by atoms with van der Waals surface area (Å²) < 4.78 is 6.80. The summed E-state index contributed by atoms with van der Waals surface area (Å²) in [6, 6.07) is 5.52. The van der Waals surface area contributed by atoms with Gasteiger partial charge in [-0.05, 0) is 38.5 Å². The second-order valence-electron chi connectivity index (χ2n) is 7.04. The van der Waals surface area contributed by atoms with Gasteiger partial charge in [0.05, 0.1) is 30.3 Å². The number of aromatic amines is 1. The van der Waals surface area contributed by atoms with E-state index in [2.05, 4.69) is 15.4 Å². The van der Waals surface area contributed by atoms with Crippen molar-refractivity contribution < 1.29 is 14.6 Å². The van der Waals surface area contributed by atoms with Crippen LogP contribution in [0.2, 0.25) is 0 Å². The molecule has 0 saturated carbocycles. The van der Waals surface area contributed by atoms with Crippen molar-refractivity contribution in [1.29, 1.82) is 0 Å². The Balaban J connectivity index is 1.99. The highest BCUT2D eigenvalue weighted by atomic mass is 16.5. The minimum atomic E-state index is -0.191. The highest BCUT2D eigenvalue weighted by Gasteiger charge is 2.18. The van der Waals surface area contributed by atoms with Gasteiger partial charge in [0.25, 0.3) is 5.91 Å². The van der Waals surface area contributed by atoms with Gasteiger partial charge in [0, 0.05) is 36.2 Å². The molecule has 1 amide bonds. The summed E-state index contributed by atoms with van der Waals surface area (Å²) in [6.07, 6.45) is 4.19. The van der Waals surface area contributed by atoms with Crippen LogP contribution in [-0.2, 0) is 4.74 Å². The number of benzene rings is 1. The number of hydrogen-bond acceptors (Lipinski definition) is 5. The number of amides is 1. The van der Waals surface area contributed by atoms with Crippen LogP contribution in [0.3, 0.4) is 0 Å². The summed E-state index contributed by atoms with van der Waals surface area (Å²) in [5.74, 6) is -0.155. The van der Waals surface area contributed by atoms with Gasteiger partial charge in [-0.25, -0.2) is 4.99 Å². The Morgan fingerprint density at radius 1 is 1.41 bits per heavy atom. The van der Waals surface area contributed by atoms with Gasteiger partial charge < -0.3 is 20.1 Å². The van der Waals surface area contributed by atoms with E-state index in [1.165, 1.54) is 0 Å². The van der Waals surface area contributed by atoms with Crippen molar-refractivity contribution in [2.45, 2.75) is 33.2 Å². The Morgan fingerprint density at radius 2 is 2.21 bits per heavy atom. The fraction of sp³-hybridized carbons (Fsp3) is 0.381. The topological polar surface area (TPSA) is 105 Å². The molecule has 3 aromatic rings. The van der Waals surface area contributed by atoms with Gasteiger partial charge in [-0.3, -0.25) is 9.48 Å². The van der Waals surface area contributed by atoms with Gasteiger partial charge in [-0.15, -0.1) is 0 Å². The Morgan fingerprint density at radius 3 is 2.86 bits per heavy atom. The third-order valence-electron chi connectivity index (χ3n) is 4.64. The number of aliphatic imine (C=N–C) groups is 1. The molecule has 3 rings (SSSR count). The van der Waals surface area contributed by atoms with Crippen molar-refractivity contribution in [3.05, 3.63) is 41.7 Å². The lowest BCUT2D eigenvalue weighted by Gasteiger charge is -2.06. The van der Waals surface area contributed by atoms with E-state index >= 15 is 0 Å². The molecule has 0 bridgehead atoms. The Bertz CT molecular complexity index is 1030. The largest absolute Gasteiger partial charge is 0.494 e. The van der Waals surface area contributed by atoms with Crippen LogP contribution < -0.4 is 5.32 Å². The molecule has 154 valence electrons. The maximum absolute atomic E-state index is 12.4. The highest BCUT2D eigenvalue weighted by molar-refractivity contribution is 6.14. The molecular weight excluding hydrogens is 370 g/mol. The summed E-state index contributed by atoms with van der Waals surface area (Å²) in [6.45, 7) is 6.95. The van der Waals surface area contributed by atoms with Crippen LogP contribution in [0.25, 0.3) is 10.9 Å². The molecule has 0 aliphatic rings. The molecule has 0 saturated heterocycles. The van der Waals surface area contributed by atoms with Gasteiger partial charge in [-0.2, -0.15) is 5.10 Å². The average molecular weight is 397 g/mol. The summed E-state index contributed by atoms with van der Waals surface area (Å²) in [5, 5.41) is 18.4. The molecule has 29 heavy (non-hydrogen) atoms. The first-order chi connectivity index (χ1) is 13.9. The number of fused-ring (bicyclic) bond motifs is 1. The first kappa shape index (κ1) is 20.6. The van der Waals surface area contributed by atoms with Crippen LogP contribution in [-0.4, -0.2) is 51.8 Å². The molecule has 8 nitrogen and oxygen atoms in total. The van der Waals surface area contributed by atoms with Crippen LogP contribution in [0, 0.1) is 0 Å². The van der Waals surface area contributed by atoms with E-state index < -0.39 is 0 Å².